The molecule has 5 aliphatic carbocycles. The zero-order valence-corrected chi connectivity index (χ0v) is 23.9. The molecule has 8 unspecified atom stereocenters. The molecule has 206 valence electrons. The number of hydrogen-bond acceptors (Lipinski definition) is 3. The Morgan fingerprint density at radius 1 is 0.972 bits per heavy atom. The summed E-state index contributed by atoms with van der Waals surface area (Å²) in [4.78, 5) is 14.4. The molecule has 0 aromatic rings. The highest BCUT2D eigenvalue weighted by Crippen LogP contribution is 2.87. The summed E-state index contributed by atoms with van der Waals surface area (Å²) >= 11 is 0. The molecule has 1 N–H and O–H groups in total. The van der Waals surface area contributed by atoms with Gasteiger partial charge in [-0.2, -0.15) is 0 Å². The van der Waals surface area contributed by atoms with Gasteiger partial charge in [0.05, 0.1) is 18.3 Å². The van der Waals surface area contributed by atoms with Crippen molar-refractivity contribution in [2.75, 3.05) is 13.1 Å². The third-order valence-corrected chi connectivity index (χ3v) is 13.6. The first-order valence-electron chi connectivity index (χ1n) is 15.7. The average Bonchev–Trinajstić information content (AvgIpc) is 3.41. The van der Waals surface area contributed by atoms with Crippen molar-refractivity contribution in [3.05, 3.63) is 0 Å². The van der Waals surface area contributed by atoms with Crippen molar-refractivity contribution < 1.29 is 16.1 Å². The fourth-order valence-electron chi connectivity index (χ4n) is 11.6. The Labute approximate surface area is 221 Å². The summed E-state index contributed by atoms with van der Waals surface area (Å²) in [5.41, 5.74) is 1.60. The number of nitrogens with zero attached hydrogens (tertiary/aromatic N) is 1. The Hall–Kier alpha value is -0.610. The van der Waals surface area contributed by atoms with E-state index in [-0.39, 0.29) is 25.0 Å². The normalized spacial score (nSPS) is 50.2. The molecule has 0 aromatic carbocycles. The topological polar surface area (TPSA) is 49.8 Å². The minimum absolute atomic E-state index is 0. The monoisotopic (exact) mass is 501 g/mol. The van der Waals surface area contributed by atoms with Crippen molar-refractivity contribution in [3.8, 4) is 0 Å². The van der Waals surface area contributed by atoms with Crippen molar-refractivity contribution in [1.29, 1.82) is 0 Å². The van der Waals surface area contributed by atoms with Gasteiger partial charge in [0.25, 0.3) is 0 Å². The van der Waals surface area contributed by atoms with Crippen LogP contribution in [0.25, 0.3) is 0 Å². The zero-order valence-electron chi connectivity index (χ0n) is 23.9. The third kappa shape index (κ3) is 3.48. The summed E-state index contributed by atoms with van der Waals surface area (Å²) in [6.45, 7) is 13.0. The number of amides is 1. The molecule has 36 heavy (non-hydrogen) atoms. The van der Waals surface area contributed by atoms with Crippen LogP contribution in [-0.2, 0) is 9.53 Å². The maximum Gasteiger partial charge on any atom is 0.219 e. The third-order valence-electron chi connectivity index (χ3n) is 13.6. The van der Waals surface area contributed by atoms with Crippen molar-refractivity contribution in [1.82, 2.24) is 4.90 Å². The fourth-order valence-corrected chi connectivity index (χ4v) is 11.6. The Bertz CT molecular complexity index is 878. The lowest BCUT2D eigenvalue weighted by Crippen LogP contribution is -2.54. The standard InChI is InChI=1S/C32H53NO3.H2/c1-6-7-8-17-33(21(2)34)19-22-9-10-24-26(36-22)18-25-23-11-12-27-29(3,4)28(35)13-14-32(27)20-31(23,32)16-15-30(24,25)5;/h22-28,35H,6-20H2,1-5H3;1H/t22?,23?,24?,25?,26?,27?,28-,30?,31-,32?;/m0./s1. The molecule has 6 aliphatic rings. The van der Waals surface area contributed by atoms with Crippen molar-refractivity contribution >= 4 is 5.91 Å². The maximum absolute atomic E-state index is 12.3. The molecule has 0 radical (unpaired) electrons. The number of aliphatic hydroxyl groups is 1. The van der Waals surface area contributed by atoms with E-state index in [4.69, 9.17) is 4.74 Å². The van der Waals surface area contributed by atoms with Gasteiger partial charge < -0.3 is 14.7 Å². The fraction of sp³-hybridized carbons (Fsp3) is 0.969. The molecule has 6 fully saturated rings. The van der Waals surface area contributed by atoms with E-state index >= 15 is 0 Å². The van der Waals surface area contributed by atoms with Gasteiger partial charge in [0.2, 0.25) is 5.91 Å². The van der Waals surface area contributed by atoms with Crippen LogP contribution in [0.3, 0.4) is 0 Å². The SMILES string of the molecule is CCCCCN(CC1CCC2C(CC3C4CCC5C(C)(C)[C@@H](O)CCC56C[C@@]46CCC23C)O1)C(C)=O.[HH]. The van der Waals surface area contributed by atoms with E-state index < -0.39 is 0 Å². The highest BCUT2D eigenvalue weighted by atomic mass is 16.5. The number of carbonyl (C=O) groups is 1. The number of unbranched alkanes of at least 4 members (excludes halogenated alkanes) is 2. The lowest BCUT2D eigenvalue weighted by molar-refractivity contribution is -0.139. The van der Waals surface area contributed by atoms with Crippen molar-refractivity contribution in [2.24, 2.45) is 45.3 Å². The largest absolute Gasteiger partial charge is 0.393 e. The highest BCUT2D eigenvalue weighted by molar-refractivity contribution is 5.73. The second-order valence-electron chi connectivity index (χ2n) is 15.1. The molecule has 0 aromatic heterocycles. The molecule has 1 amide bonds. The van der Waals surface area contributed by atoms with Crippen LogP contribution in [0.5, 0.6) is 0 Å². The molecule has 4 heteroatoms. The second kappa shape index (κ2) is 8.70. The molecular formula is C32H55NO3. The van der Waals surface area contributed by atoms with E-state index in [1.54, 1.807) is 6.92 Å². The van der Waals surface area contributed by atoms with E-state index in [9.17, 15) is 9.90 Å². The van der Waals surface area contributed by atoms with Gasteiger partial charge in [0.15, 0.2) is 0 Å². The second-order valence-corrected chi connectivity index (χ2v) is 15.1. The summed E-state index contributed by atoms with van der Waals surface area (Å²) in [7, 11) is 0. The molecule has 1 heterocycles. The Morgan fingerprint density at radius 2 is 1.75 bits per heavy atom. The first-order chi connectivity index (χ1) is 17.1. The average molecular weight is 502 g/mol. The van der Waals surface area contributed by atoms with Crippen LogP contribution in [0.2, 0.25) is 0 Å². The van der Waals surface area contributed by atoms with Gasteiger partial charge in [-0.15, -0.1) is 0 Å². The van der Waals surface area contributed by atoms with Gasteiger partial charge in [-0.3, -0.25) is 4.79 Å². The number of carbonyl (C=O) groups excluding carboxylic acids is 1. The highest BCUT2D eigenvalue weighted by Gasteiger charge is 2.80. The van der Waals surface area contributed by atoms with Crippen LogP contribution in [0.15, 0.2) is 0 Å². The van der Waals surface area contributed by atoms with Crippen LogP contribution in [0.4, 0.5) is 0 Å². The maximum atomic E-state index is 12.3. The Balaban J connectivity index is 0.00000280. The van der Waals surface area contributed by atoms with Crippen LogP contribution < -0.4 is 0 Å². The van der Waals surface area contributed by atoms with Gasteiger partial charge in [0, 0.05) is 21.4 Å². The predicted octanol–water partition coefficient (Wildman–Crippen LogP) is 6.84. The first kappa shape index (κ1) is 25.7. The quantitative estimate of drug-likeness (QED) is 0.405. The molecule has 1 saturated heterocycles. The molecule has 10 atom stereocenters. The van der Waals surface area contributed by atoms with Crippen LogP contribution in [0.1, 0.15) is 120 Å². The van der Waals surface area contributed by atoms with Gasteiger partial charge in [-0.1, -0.05) is 40.5 Å². The van der Waals surface area contributed by atoms with Crippen molar-refractivity contribution in [2.45, 2.75) is 136 Å². The zero-order chi connectivity index (χ0) is 25.5. The number of rotatable bonds is 6. The lowest BCUT2D eigenvalue weighted by Gasteiger charge is -2.59. The molecule has 1 aliphatic heterocycles. The number of fused-ring (bicyclic) bond motifs is 4. The lowest BCUT2D eigenvalue weighted by atomic mass is 9.46. The summed E-state index contributed by atoms with van der Waals surface area (Å²) in [5, 5.41) is 10.9. The summed E-state index contributed by atoms with van der Waals surface area (Å²) in [5.74, 6) is 3.31. The van der Waals surface area contributed by atoms with Crippen LogP contribution in [0, 0.1) is 45.3 Å². The number of hydrogen-bond donors (Lipinski definition) is 1. The van der Waals surface area contributed by atoms with Gasteiger partial charge in [-0.25, -0.2) is 0 Å². The van der Waals surface area contributed by atoms with Gasteiger partial charge in [-0.05, 0) is 116 Å². The Kier molecular flexibility index (Phi) is 6.20. The van der Waals surface area contributed by atoms with Crippen molar-refractivity contribution in [3.63, 3.8) is 0 Å². The molecule has 2 spiro atoms. The molecule has 6 rings (SSSR count). The number of aliphatic hydroxyl groups excluding tert-OH is 1. The van der Waals surface area contributed by atoms with E-state index in [2.05, 4.69) is 32.6 Å². The summed E-state index contributed by atoms with van der Waals surface area (Å²) in [6.07, 6.45) is 16.9. The molecule has 5 saturated carbocycles. The number of ether oxygens (including phenoxy) is 1. The molecule has 4 nitrogen and oxygen atoms in total. The summed E-state index contributed by atoms with van der Waals surface area (Å²) < 4.78 is 6.91. The molecular weight excluding hydrogens is 446 g/mol. The summed E-state index contributed by atoms with van der Waals surface area (Å²) in [6, 6.07) is 0. The van der Waals surface area contributed by atoms with Gasteiger partial charge in [0.1, 0.15) is 0 Å². The minimum Gasteiger partial charge on any atom is -0.393 e. The van der Waals surface area contributed by atoms with Crippen LogP contribution >= 0.6 is 0 Å². The smallest absolute Gasteiger partial charge is 0.219 e. The minimum atomic E-state index is -0.118. The van der Waals surface area contributed by atoms with Crippen LogP contribution in [-0.4, -0.2) is 47.3 Å². The first-order valence-corrected chi connectivity index (χ1v) is 15.7. The van der Waals surface area contributed by atoms with Gasteiger partial charge >= 0.3 is 0 Å². The molecule has 0 bridgehead atoms. The predicted molar refractivity (Wildman–Crippen MR) is 145 cm³/mol. The van der Waals surface area contributed by atoms with E-state index in [0.717, 1.165) is 44.2 Å². The van der Waals surface area contributed by atoms with E-state index in [1.165, 1.54) is 64.2 Å². The van der Waals surface area contributed by atoms with E-state index in [1.807, 2.05) is 0 Å². The van der Waals surface area contributed by atoms with E-state index in [0.29, 0.717) is 34.2 Å². The Morgan fingerprint density at radius 3 is 2.50 bits per heavy atom.